The SMILES string of the molecule is CCCN(Cc1nccn1C)C(C(=O)O)c1cc(C)ccc1OC. The van der Waals surface area contributed by atoms with E-state index in [0.29, 0.717) is 24.4 Å². The number of hydrogen-bond donors (Lipinski definition) is 1. The lowest BCUT2D eigenvalue weighted by atomic mass is 10.0. The van der Waals surface area contributed by atoms with E-state index < -0.39 is 12.0 Å². The molecule has 1 N–H and O–H groups in total. The van der Waals surface area contributed by atoms with Gasteiger partial charge in [0.05, 0.1) is 13.7 Å². The Hall–Kier alpha value is -2.34. The number of imidazole rings is 1. The Morgan fingerprint density at radius 2 is 2.21 bits per heavy atom. The Kier molecular flexibility index (Phi) is 5.98. The van der Waals surface area contributed by atoms with Crippen molar-refractivity contribution in [3.63, 3.8) is 0 Å². The lowest BCUT2D eigenvalue weighted by Crippen LogP contribution is -2.35. The van der Waals surface area contributed by atoms with Crippen LogP contribution in [0.1, 0.15) is 36.3 Å². The third-order valence-corrected chi connectivity index (χ3v) is 4.06. The van der Waals surface area contributed by atoms with Crippen LogP contribution in [-0.2, 0) is 18.4 Å². The molecule has 0 saturated heterocycles. The summed E-state index contributed by atoms with van der Waals surface area (Å²) in [6.45, 7) is 5.11. The minimum Gasteiger partial charge on any atom is -0.496 e. The van der Waals surface area contributed by atoms with Gasteiger partial charge in [0.1, 0.15) is 17.6 Å². The van der Waals surface area contributed by atoms with E-state index >= 15 is 0 Å². The second-order valence-electron chi connectivity index (χ2n) is 5.91. The van der Waals surface area contributed by atoms with E-state index in [1.807, 2.05) is 54.8 Å². The standard InChI is InChI=1S/C18H25N3O3/c1-5-9-21(12-16-19-8-10-20(16)3)17(18(22)23)14-11-13(2)6-7-15(14)24-4/h6-8,10-11,17H,5,9,12H2,1-4H3,(H,22,23). The summed E-state index contributed by atoms with van der Waals surface area (Å²) in [7, 11) is 3.48. The number of aromatic nitrogens is 2. The molecule has 0 bridgehead atoms. The van der Waals surface area contributed by atoms with E-state index in [2.05, 4.69) is 4.98 Å². The van der Waals surface area contributed by atoms with Crippen LogP contribution in [0.2, 0.25) is 0 Å². The largest absolute Gasteiger partial charge is 0.496 e. The van der Waals surface area contributed by atoms with Crippen LogP contribution in [0.4, 0.5) is 0 Å². The average molecular weight is 331 g/mol. The molecule has 130 valence electrons. The number of benzene rings is 1. The lowest BCUT2D eigenvalue weighted by molar-refractivity contribution is -0.144. The molecule has 1 aromatic heterocycles. The molecule has 24 heavy (non-hydrogen) atoms. The minimum absolute atomic E-state index is 0.464. The summed E-state index contributed by atoms with van der Waals surface area (Å²) >= 11 is 0. The number of carboxylic acid groups (broad SMARTS) is 1. The molecule has 6 heteroatoms. The van der Waals surface area contributed by atoms with Gasteiger partial charge in [0.15, 0.2) is 0 Å². The maximum Gasteiger partial charge on any atom is 0.325 e. The van der Waals surface area contributed by atoms with Crippen LogP contribution < -0.4 is 4.74 Å². The maximum atomic E-state index is 12.1. The lowest BCUT2D eigenvalue weighted by Gasteiger charge is -2.29. The van der Waals surface area contributed by atoms with Crippen LogP contribution in [0.5, 0.6) is 5.75 Å². The molecule has 0 fully saturated rings. The van der Waals surface area contributed by atoms with Crippen LogP contribution in [0.25, 0.3) is 0 Å². The van der Waals surface area contributed by atoms with Crippen molar-refractivity contribution in [2.24, 2.45) is 7.05 Å². The molecule has 0 saturated carbocycles. The number of aliphatic carboxylic acids is 1. The first kappa shape index (κ1) is 18.0. The number of nitrogens with zero attached hydrogens (tertiary/aromatic N) is 3. The maximum absolute atomic E-state index is 12.1. The Bertz CT molecular complexity index is 697. The fourth-order valence-electron chi connectivity index (χ4n) is 2.87. The molecule has 6 nitrogen and oxygen atoms in total. The first-order valence-corrected chi connectivity index (χ1v) is 8.05. The van der Waals surface area contributed by atoms with Crippen LogP contribution in [0, 0.1) is 6.92 Å². The number of hydrogen-bond acceptors (Lipinski definition) is 4. The quantitative estimate of drug-likeness (QED) is 0.805. The van der Waals surface area contributed by atoms with Gasteiger partial charge in [-0.25, -0.2) is 4.98 Å². The summed E-state index contributed by atoms with van der Waals surface area (Å²) in [5, 5.41) is 9.91. The van der Waals surface area contributed by atoms with Crippen molar-refractivity contribution in [2.45, 2.75) is 32.9 Å². The zero-order chi connectivity index (χ0) is 17.7. The molecule has 0 amide bonds. The van der Waals surface area contributed by atoms with Gasteiger partial charge in [-0.05, 0) is 26.0 Å². The van der Waals surface area contributed by atoms with Crippen molar-refractivity contribution in [3.05, 3.63) is 47.5 Å². The van der Waals surface area contributed by atoms with Gasteiger partial charge < -0.3 is 14.4 Å². The van der Waals surface area contributed by atoms with Gasteiger partial charge in [-0.3, -0.25) is 9.69 Å². The van der Waals surface area contributed by atoms with Gasteiger partial charge in [-0.2, -0.15) is 0 Å². The second kappa shape index (κ2) is 7.97. The molecule has 0 spiro atoms. The molecular weight excluding hydrogens is 306 g/mol. The van der Waals surface area contributed by atoms with Gasteiger partial charge in [-0.1, -0.05) is 24.6 Å². The molecule has 1 aromatic carbocycles. The van der Waals surface area contributed by atoms with E-state index in [0.717, 1.165) is 17.8 Å². The summed E-state index contributed by atoms with van der Waals surface area (Å²) in [5.74, 6) is 0.539. The van der Waals surface area contributed by atoms with E-state index in [1.165, 1.54) is 0 Å². The topological polar surface area (TPSA) is 67.6 Å². The first-order chi connectivity index (χ1) is 11.5. The fraction of sp³-hybridized carbons (Fsp3) is 0.444. The van der Waals surface area contributed by atoms with Gasteiger partial charge in [0, 0.05) is 25.0 Å². The number of methoxy groups -OCH3 is 1. The Balaban J connectivity index is 2.44. The summed E-state index contributed by atoms with van der Waals surface area (Å²) < 4.78 is 7.32. The second-order valence-corrected chi connectivity index (χ2v) is 5.91. The van der Waals surface area contributed by atoms with E-state index in [-0.39, 0.29) is 0 Å². The van der Waals surface area contributed by atoms with Crippen molar-refractivity contribution >= 4 is 5.97 Å². The molecule has 1 unspecified atom stereocenters. The van der Waals surface area contributed by atoms with Crippen molar-refractivity contribution in [1.82, 2.24) is 14.5 Å². The van der Waals surface area contributed by atoms with Gasteiger partial charge in [0.2, 0.25) is 0 Å². The Labute approximate surface area is 142 Å². The van der Waals surface area contributed by atoms with Gasteiger partial charge >= 0.3 is 5.97 Å². The summed E-state index contributed by atoms with van der Waals surface area (Å²) in [6, 6.07) is 4.85. The monoisotopic (exact) mass is 331 g/mol. The highest BCUT2D eigenvalue weighted by molar-refractivity contribution is 5.77. The molecule has 0 aliphatic rings. The van der Waals surface area contributed by atoms with E-state index in [4.69, 9.17) is 4.74 Å². The van der Waals surface area contributed by atoms with Crippen molar-refractivity contribution in [3.8, 4) is 5.75 Å². The zero-order valence-electron chi connectivity index (χ0n) is 14.7. The highest BCUT2D eigenvalue weighted by atomic mass is 16.5. The summed E-state index contributed by atoms with van der Waals surface area (Å²) in [5.41, 5.74) is 1.68. The molecule has 0 aliphatic heterocycles. The average Bonchev–Trinajstić information content (AvgIpc) is 2.93. The number of carbonyl (C=O) groups is 1. The molecule has 0 radical (unpaired) electrons. The van der Waals surface area contributed by atoms with Crippen molar-refractivity contribution in [2.75, 3.05) is 13.7 Å². The Morgan fingerprint density at radius 1 is 1.46 bits per heavy atom. The third kappa shape index (κ3) is 3.94. The van der Waals surface area contributed by atoms with Crippen LogP contribution in [-0.4, -0.2) is 39.2 Å². The van der Waals surface area contributed by atoms with Crippen LogP contribution in [0.15, 0.2) is 30.6 Å². The summed E-state index contributed by atoms with van der Waals surface area (Å²) in [6.07, 6.45) is 4.44. The fourth-order valence-corrected chi connectivity index (χ4v) is 2.87. The molecule has 1 atom stereocenters. The highest BCUT2D eigenvalue weighted by Crippen LogP contribution is 2.31. The normalized spacial score (nSPS) is 12.4. The third-order valence-electron chi connectivity index (χ3n) is 4.06. The predicted molar refractivity (Wildman–Crippen MR) is 92.0 cm³/mol. The van der Waals surface area contributed by atoms with E-state index in [9.17, 15) is 9.90 Å². The molecule has 2 rings (SSSR count). The molecular formula is C18H25N3O3. The van der Waals surface area contributed by atoms with Crippen molar-refractivity contribution in [1.29, 1.82) is 0 Å². The zero-order valence-corrected chi connectivity index (χ0v) is 14.7. The highest BCUT2D eigenvalue weighted by Gasteiger charge is 2.30. The van der Waals surface area contributed by atoms with Crippen LogP contribution >= 0.6 is 0 Å². The minimum atomic E-state index is -0.887. The molecule has 2 aromatic rings. The first-order valence-electron chi connectivity index (χ1n) is 8.05. The molecule has 1 heterocycles. The number of carboxylic acids is 1. The number of rotatable bonds is 8. The number of ether oxygens (including phenoxy) is 1. The van der Waals surface area contributed by atoms with Crippen molar-refractivity contribution < 1.29 is 14.6 Å². The molecule has 0 aliphatic carbocycles. The predicted octanol–water partition coefficient (Wildman–Crippen LogP) is 2.78. The smallest absolute Gasteiger partial charge is 0.325 e. The van der Waals surface area contributed by atoms with E-state index in [1.54, 1.807) is 13.3 Å². The Morgan fingerprint density at radius 3 is 2.75 bits per heavy atom. The van der Waals surface area contributed by atoms with Crippen LogP contribution in [0.3, 0.4) is 0 Å². The van der Waals surface area contributed by atoms with Gasteiger partial charge in [-0.15, -0.1) is 0 Å². The summed E-state index contributed by atoms with van der Waals surface area (Å²) in [4.78, 5) is 18.3. The number of aryl methyl sites for hydroxylation is 2. The van der Waals surface area contributed by atoms with Gasteiger partial charge in [0.25, 0.3) is 0 Å².